The number of hydrogen-bond acceptors (Lipinski definition) is 6. The van der Waals surface area contributed by atoms with Crippen molar-refractivity contribution in [2.75, 3.05) is 51.6 Å². The lowest BCUT2D eigenvalue weighted by Gasteiger charge is -2.32. The maximum Gasteiger partial charge on any atom is 0.223 e. The van der Waals surface area contributed by atoms with E-state index in [0.29, 0.717) is 5.95 Å². The minimum Gasteiger partial charge on any atom is -0.354 e. The monoisotopic (exact) mass is 312 g/mol. The zero-order chi connectivity index (χ0) is 15.9. The van der Waals surface area contributed by atoms with Crippen LogP contribution in [0.1, 0.15) is 6.42 Å². The number of pyridine rings is 1. The first-order valence-corrected chi connectivity index (χ1v) is 8.20. The van der Waals surface area contributed by atoms with E-state index in [1.54, 1.807) is 12.4 Å². The summed E-state index contributed by atoms with van der Waals surface area (Å²) in [5.74, 6) is 0.673. The normalized spacial score (nSPS) is 16.4. The van der Waals surface area contributed by atoms with E-state index in [4.69, 9.17) is 0 Å². The first kappa shape index (κ1) is 15.8. The third kappa shape index (κ3) is 4.71. The molecule has 0 aromatic carbocycles. The van der Waals surface area contributed by atoms with Crippen LogP contribution in [0, 0.1) is 0 Å². The molecular formula is C17H24N6. The fourth-order valence-electron chi connectivity index (χ4n) is 2.68. The van der Waals surface area contributed by atoms with Gasteiger partial charge in [0, 0.05) is 45.1 Å². The molecule has 1 aliphatic heterocycles. The molecule has 122 valence electrons. The predicted octanol–water partition coefficient (Wildman–Crippen LogP) is 1.59. The van der Waals surface area contributed by atoms with Crippen LogP contribution >= 0.6 is 0 Å². The zero-order valence-corrected chi connectivity index (χ0v) is 13.6. The van der Waals surface area contributed by atoms with Gasteiger partial charge in [-0.2, -0.15) is 0 Å². The molecule has 0 unspecified atom stereocenters. The van der Waals surface area contributed by atoms with Gasteiger partial charge in [0.05, 0.1) is 11.4 Å². The summed E-state index contributed by atoms with van der Waals surface area (Å²) in [6.07, 6.45) is 4.65. The minimum atomic E-state index is 0.673. The fourth-order valence-corrected chi connectivity index (χ4v) is 2.68. The van der Waals surface area contributed by atoms with Crippen molar-refractivity contribution in [1.82, 2.24) is 24.8 Å². The van der Waals surface area contributed by atoms with Crippen molar-refractivity contribution < 1.29 is 0 Å². The fraction of sp³-hybridized carbons (Fsp3) is 0.471. The van der Waals surface area contributed by atoms with Crippen LogP contribution in [0.4, 0.5) is 5.95 Å². The molecule has 0 bridgehead atoms. The smallest absolute Gasteiger partial charge is 0.223 e. The van der Waals surface area contributed by atoms with Crippen LogP contribution in [0.15, 0.2) is 36.7 Å². The molecule has 23 heavy (non-hydrogen) atoms. The van der Waals surface area contributed by atoms with E-state index in [2.05, 4.69) is 37.1 Å². The Labute approximate surface area is 137 Å². The molecule has 3 heterocycles. The third-order valence-corrected chi connectivity index (χ3v) is 4.11. The van der Waals surface area contributed by atoms with Gasteiger partial charge in [-0.1, -0.05) is 6.07 Å². The number of hydrogen-bond donors (Lipinski definition) is 1. The van der Waals surface area contributed by atoms with Gasteiger partial charge in [0.2, 0.25) is 5.95 Å². The Kier molecular flexibility index (Phi) is 5.50. The predicted molar refractivity (Wildman–Crippen MR) is 92.3 cm³/mol. The maximum atomic E-state index is 4.53. The Morgan fingerprint density at radius 2 is 1.87 bits per heavy atom. The molecule has 1 fully saturated rings. The zero-order valence-electron chi connectivity index (χ0n) is 13.6. The lowest BCUT2D eigenvalue weighted by molar-refractivity contribution is 0.154. The largest absolute Gasteiger partial charge is 0.354 e. The Bertz CT molecular complexity index is 595. The molecule has 0 saturated carbocycles. The molecule has 6 nitrogen and oxygen atoms in total. The van der Waals surface area contributed by atoms with Gasteiger partial charge in [0.15, 0.2) is 0 Å². The number of likely N-dealkylation sites (N-methyl/N-ethyl adjacent to an activating group) is 1. The highest BCUT2D eigenvalue weighted by molar-refractivity contribution is 5.54. The lowest BCUT2D eigenvalue weighted by atomic mass is 10.2. The van der Waals surface area contributed by atoms with Gasteiger partial charge in [-0.25, -0.2) is 9.97 Å². The molecule has 1 N–H and O–H groups in total. The van der Waals surface area contributed by atoms with E-state index >= 15 is 0 Å². The second kappa shape index (κ2) is 7.99. The molecular weight excluding hydrogens is 288 g/mol. The van der Waals surface area contributed by atoms with Gasteiger partial charge < -0.3 is 15.1 Å². The Morgan fingerprint density at radius 3 is 2.65 bits per heavy atom. The molecule has 3 rings (SSSR count). The summed E-state index contributed by atoms with van der Waals surface area (Å²) in [5, 5.41) is 3.32. The Hall–Kier alpha value is -2.05. The van der Waals surface area contributed by atoms with Crippen LogP contribution in [0.3, 0.4) is 0 Å². The van der Waals surface area contributed by atoms with Crippen LogP contribution in [-0.2, 0) is 0 Å². The Balaban J connectivity index is 1.45. The molecule has 0 spiro atoms. The van der Waals surface area contributed by atoms with Gasteiger partial charge in [0.25, 0.3) is 0 Å². The van der Waals surface area contributed by atoms with Crippen molar-refractivity contribution in [1.29, 1.82) is 0 Å². The molecule has 0 amide bonds. The summed E-state index contributed by atoms with van der Waals surface area (Å²) in [6.45, 7) is 6.69. The number of aromatic nitrogens is 3. The highest BCUT2D eigenvalue weighted by atomic mass is 15.2. The van der Waals surface area contributed by atoms with Gasteiger partial charge in [0.1, 0.15) is 0 Å². The van der Waals surface area contributed by atoms with Crippen molar-refractivity contribution in [3.05, 3.63) is 36.7 Å². The van der Waals surface area contributed by atoms with Crippen molar-refractivity contribution in [3.63, 3.8) is 0 Å². The molecule has 0 radical (unpaired) electrons. The van der Waals surface area contributed by atoms with Crippen LogP contribution < -0.4 is 5.32 Å². The van der Waals surface area contributed by atoms with Gasteiger partial charge in [-0.15, -0.1) is 0 Å². The lowest BCUT2D eigenvalue weighted by Crippen LogP contribution is -2.44. The molecule has 0 aliphatic carbocycles. The van der Waals surface area contributed by atoms with Crippen LogP contribution in [-0.4, -0.2) is 71.1 Å². The summed E-state index contributed by atoms with van der Waals surface area (Å²) >= 11 is 0. The van der Waals surface area contributed by atoms with Crippen LogP contribution in [0.25, 0.3) is 11.4 Å². The molecule has 6 heteroatoms. The average Bonchev–Trinajstić information content (AvgIpc) is 2.61. The summed E-state index contributed by atoms with van der Waals surface area (Å²) < 4.78 is 0. The number of nitrogens with zero attached hydrogens (tertiary/aromatic N) is 5. The Morgan fingerprint density at radius 1 is 1.00 bits per heavy atom. The van der Waals surface area contributed by atoms with Crippen molar-refractivity contribution in [3.8, 4) is 11.4 Å². The number of rotatable bonds is 6. The number of anilines is 1. The topological polar surface area (TPSA) is 57.2 Å². The highest BCUT2D eigenvalue weighted by Crippen LogP contribution is 2.14. The van der Waals surface area contributed by atoms with E-state index in [1.807, 2.05) is 24.3 Å². The summed E-state index contributed by atoms with van der Waals surface area (Å²) in [7, 11) is 2.19. The third-order valence-electron chi connectivity index (χ3n) is 4.11. The minimum absolute atomic E-state index is 0.673. The standard InChI is InChI=1S/C17H24N6/c1-22-11-13-23(14-12-22)10-4-8-19-17-20-9-6-16(21-17)15-5-2-3-7-18-15/h2-3,5-7,9H,4,8,10-14H2,1H3,(H,19,20,21). The van der Waals surface area contributed by atoms with Crippen LogP contribution in [0.5, 0.6) is 0 Å². The first-order chi connectivity index (χ1) is 11.3. The highest BCUT2D eigenvalue weighted by Gasteiger charge is 2.12. The summed E-state index contributed by atoms with van der Waals surface area (Å²) in [6, 6.07) is 7.72. The second-order valence-corrected chi connectivity index (χ2v) is 5.91. The van der Waals surface area contributed by atoms with Gasteiger partial charge in [-0.3, -0.25) is 4.98 Å². The first-order valence-electron chi connectivity index (χ1n) is 8.20. The maximum absolute atomic E-state index is 4.53. The quantitative estimate of drug-likeness (QED) is 0.818. The van der Waals surface area contributed by atoms with E-state index < -0.39 is 0 Å². The molecule has 1 saturated heterocycles. The molecule has 2 aromatic rings. The second-order valence-electron chi connectivity index (χ2n) is 5.91. The van der Waals surface area contributed by atoms with Crippen molar-refractivity contribution in [2.24, 2.45) is 0 Å². The molecule has 1 aliphatic rings. The van der Waals surface area contributed by atoms with Crippen molar-refractivity contribution >= 4 is 5.95 Å². The summed E-state index contributed by atoms with van der Waals surface area (Å²) in [5.41, 5.74) is 1.72. The van der Waals surface area contributed by atoms with E-state index in [0.717, 1.165) is 30.9 Å². The average molecular weight is 312 g/mol. The van der Waals surface area contributed by atoms with Gasteiger partial charge in [-0.05, 0) is 38.2 Å². The van der Waals surface area contributed by atoms with E-state index in [1.165, 1.54) is 26.2 Å². The molecule has 2 aromatic heterocycles. The van der Waals surface area contributed by atoms with E-state index in [-0.39, 0.29) is 0 Å². The van der Waals surface area contributed by atoms with Crippen LogP contribution in [0.2, 0.25) is 0 Å². The van der Waals surface area contributed by atoms with Gasteiger partial charge >= 0.3 is 0 Å². The number of piperazine rings is 1. The molecule has 0 atom stereocenters. The summed E-state index contributed by atoms with van der Waals surface area (Å²) in [4.78, 5) is 18.0. The number of nitrogens with one attached hydrogen (secondary N) is 1. The van der Waals surface area contributed by atoms with E-state index in [9.17, 15) is 0 Å². The van der Waals surface area contributed by atoms with Crippen molar-refractivity contribution in [2.45, 2.75) is 6.42 Å². The SMILES string of the molecule is CN1CCN(CCCNc2nccc(-c3ccccn3)n2)CC1.